The molecule has 0 aromatic heterocycles. The maximum atomic E-state index is 3.43. The molecular formula is C14H28N2S. The fraction of sp³-hybridized carbons (Fsp3) is 1.00. The molecule has 0 atom stereocenters. The van der Waals surface area contributed by atoms with E-state index in [9.17, 15) is 0 Å². The Morgan fingerprint density at radius 3 is 2.41 bits per heavy atom. The monoisotopic (exact) mass is 256 g/mol. The number of likely N-dealkylation sites (tertiary alicyclic amines) is 1. The lowest BCUT2D eigenvalue weighted by molar-refractivity contribution is 0.133. The molecule has 2 rings (SSSR count). The summed E-state index contributed by atoms with van der Waals surface area (Å²) in [4.78, 5) is 2.73. The van der Waals surface area contributed by atoms with Crippen LogP contribution in [0.2, 0.25) is 0 Å². The van der Waals surface area contributed by atoms with Crippen molar-refractivity contribution in [2.45, 2.75) is 43.8 Å². The molecule has 2 fully saturated rings. The second-order valence-corrected chi connectivity index (χ2v) is 7.09. The molecule has 1 aliphatic carbocycles. The normalized spacial score (nSPS) is 26.5. The molecule has 3 heteroatoms. The molecule has 1 N–H and O–H groups in total. The molecule has 17 heavy (non-hydrogen) atoms. The SMILES string of the molecule is CNCC1(CN2CCC(SC)CC2)CCCC1. The van der Waals surface area contributed by atoms with Gasteiger partial charge in [0.05, 0.1) is 0 Å². The summed E-state index contributed by atoms with van der Waals surface area (Å²) in [5, 5.41) is 4.36. The second kappa shape index (κ2) is 6.44. The molecule has 0 aromatic carbocycles. The number of nitrogens with zero attached hydrogens (tertiary/aromatic N) is 1. The Balaban J connectivity index is 1.82. The summed E-state index contributed by atoms with van der Waals surface area (Å²) in [5.74, 6) is 0. The maximum absolute atomic E-state index is 3.43. The van der Waals surface area contributed by atoms with E-state index in [1.807, 2.05) is 0 Å². The van der Waals surface area contributed by atoms with Gasteiger partial charge in [-0.2, -0.15) is 11.8 Å². The van der Waals surface area contributed by atoms with E-state index in [-0.39, 0.29) is 0 Å². The first-order valence-corrected chi connectivity index (χ1v) is 8.46. The van der Waals surface area contributed by atoms with Crippen molar-refractivity contribution < 1.29 is 0 Å². The largest absolute Gasteiger partial charge is 0.319 e. The van der Waals surface area contributed by atoms with Gasteiger partial charge in [0.2, 0.25) is 0 Å². The van der Waals surface area contributed by atoms with Crippen LogP contribution >= 0.6 is 11.8 Å². The molecule has 0 bridgehead atoms. The fourth-order valence-corrected chi connectivity index (χ4v) is 4.35. The fourth-order valence-electron chi connectivity index (χ4n) is 3.67. The molecule has 1 saturated heterocycles. The first kappa shape index (κ1) is 13.7. The van der Waals surface area contributed by atoms with Crippen molar-refractivity contribution in [3.8, 4) is 0 Å². The minimum Gasteiger partial charge on any atom is -0.319 e. The van der Waals surface area contributed by atoms with Gasteiger partial charge in [0.15, 0.2) is 0 Å². The lowest BCUT2D eigenvalue weighted by atomic mass is 9.85. The summed E-state index contributed by atoms with van der Waals surface area (Å²) < 4.78 is 0. The quantitative estimate of drug-likeness (QED) is 0.814. The topological polar surface area (TPSA) is 15.3 Å². The van der Waals surface area contributed by atoms with Gasteiger partial charge in [0.1, 0.15) is 0 Å². The molecule has 0 radical (unpaired) electrons. The number of rotatable bonds is 5. The van der Waals surface area contributed by atoms with Crippen LogP contribution in [0.15, 0.2) is 0 Å². The lowest BCUT2D eigenvalue weighted by Gasteiger charge is -2.39. The van der Waals surface area contributed by atoms with Crippen LogP contribution in [-0.4, -0.2) is 49.6 Å². The van der Waals surface area contributed by atoms with E-state index in [2.05, 4.69) is 35.3 Å². The zero-order chi connectivity index (χ0) is 12.1. The molecule has 1 heterocycles. The highest BCUT2D eigenvalue weighted by molar-refractivity contribution is 7.99. The van der Waals surface area contributed by atoms with E-state index in [1.54, 1.807) is 0 Å². The number of hydrogen-bond acceptors (Lipinski definition) is 3. The molecule has 1 saturated carbocycles. The first-order valence-electron chi connectivity index (χ1n) is 7.18. The van der Waals surface area contributed by atoms with Crippen LogP contribution in [0.5, 0.6) is 0 Å². The van der Waals surface area contributed by atoms with Crippen LogP contribution in [0.1, 0.15) is 38.5 Å². The van der Waals surface area contributed by atoms with Gasteiger partial charge in [0, 0.05) is 18.3 Å². The van der Waals surface area contributed by atoms with Crippen molar-refractivity contribution in [1.29, 1.82) is 0 Å². The molecule has 1 aliphatic heterocycles. The van der Waals surface area contributed by atoms with Gasteiger partial charge in [-0.15, -0.1) is 0 Å². The third-order valence-corrected chi connectivity index (χ3v) is 5.78. The summed E-state index contributed by atoms with van der Waals surface area (Å²) in [6, 6.07) is 0. The Bertz CT molecular complexity index is 218. The smallest absolute Gasteiger partial charge is 0.00685 e. The number of hydrogen-bond donors (Lipinski definition) is 1. The summed E-state index contributed by atoms with van der Waals surface area (Å²) in [6.45, 7) is 5.22. The molecule has 2 aliphatic rings. The van der Waals surface area contributed by atoms with Gasteiger partial charge in [-0.3, -0.25) is 0 Å². The van der Waals surface area contributed by atoms with Gasteiger partial charge in [0.25, 0.3) is 0 Å². The van der Waals surface area contributed by atoms with Crippen molar-refractivity contribution in [2.75, 3.05) is 39.5 Å². The standard InChI is InChI=1S/C14H28N2S/c1-15-11-14(7-3-4-8-14)12-16-9-5-13(17-2)6-10-16/h13,15H,3-12H2,1-2H3. The molecule has 2 nitrogen and oxygen atoms in total. The zero-order valence-corrected chi connectivity index (χ0v) is 12.3. The molecule has 100 valence electrons. The van der Waals surface area contributed by atoms with Crippen LogP contribution in [0.4, 0.5) is 0 Å². The van der Waals surface area contributed by atoms with Crippen LogP contribution in [0.25, 0.3) is 0 Å². The maximum Gasteiger partial charge on any atom is 0.00685 e. The minimum absolute atomic E-state index is 0.598. The summed E-state index contributed by atoms with van der Waals surface area (Å²) in [5.41, 5.74) is 0.598. The van der Waals surface area contributed by atoms with Crippen LogP contribution in [0.3, 0.4) is 0 Å². The van der Waals surface area contributed by atoms with Crippen molar-refractivity contribution in [3.05, 3.63) is 0 Å². The van der Waals surface area contributed by atoms with E-state index in [4.69, 9.17) is 0 Å². The second-order valence-electron chi connectivity index (χ2n) is 5.95. The van der Waals surface area contributed by atoms with Gasteiger partial charge in [-0.05, 0) is 57.5 Å². The predicted octanol–water partition coefficient (Wildman–Crippen LogP) is 2.59. The van der Waals surface area contributed by atoms with E-state index in [1.165, 1.54) is 64.7 Å². The average Bonchev–Trinajstić information content (AvgIpc) is 2.79. The Morgan fingerprint density at radius 1 is 1.24 bits per heavy atom. The van der Waals surface area contributed by atoms with E-state index in [0.717, 1.165) is 5.25 Å². The van der Waals surface area contributed by atoms with Crippen molar-refractivity contribution in [3.63, 3.8) is 0 Å². The number of thioether (sulfide) groups is 1. The lowest BCUT2D eigenvalue weighted by Crippen LogP contribution is -2.45. The third-order valence-electron chi connectivity index (χ3n) is 4.64. The van der Waals surface area contributed by atoms with E-state index < -0.39 is 0 Å². The predicted molar refractivity (Wildman–Crippen MR) is 77.8 cm³/mol. The summed E-state index contributed by atoms with van der Waals surface area (Å²) >= 11 is 2.06. The van der Waals surface area contributed by atoms with Crippen LogP contribution in [-0.2, 0) is 0 Å². The Kier molecular flexibility index (Phi) is 5.19. The highest BCUT2D eigenvalue weighted by atomic mass is 32.2. The number of piperidine rings is 1. The Labute approximate surface area is 111 Å². The highest BCUT2D eigenvalue weighted by Gasteiger charge is 2.35. The highest BCUT2D eigenvalue weighted by Crippen LogP contribution is 2.39. The van der Waals surface area contributed by atoms with Crippen LogP contribution in [0, 0.1) is 5.41 Å². The third kappa shape index (κ3) is 3.62. The van der Waals surface area contributed by atoms with Crippen molar-refractivity contribution >= 4 is 11.8 Å². The molecule has 0 aromatic rings. The van der Waals surface area contributed by atoms with Gasteiger partial charge >= 0.3 is 0 Å². The zero-order valence-electron chi connectivity index (χ0n) is 11.5. The molecular weight excluding hydrogens is 228 g/mol. The van der Waals surface area contributed by atoms with E-state index >= 15 is 0 Å². The van der Waals surface area contributed by atoms with Gasteiger partial charge < -0.3 is 10.2 Å². The van der Waals surface area contributed by atoms with Crippen molar-refractivity contribution in [1.82, 2.24) is 10.2 Å². The molecule has 0 amide bonds. The average molecular weight is 256 g/mol. The Morgan fingerprint density at radius 2 is 1.88 bits per heavy atom. The van der Waals surface area contributed by atoms with E-state index in [0.29, 0.717) is 5.41 Å². The minimum atomic E-state index is 0.598. The molecule has 0 spiro atoms. The molecule has 0 unspecified atom stereocenters. The Hall–Kier alpha value is 0.270. The van der Waals surface area contributed by atoms with Crippen LogP contribution < -0.4 is 5.32 Å². The van der Waals surface area contributed by atoms with Crippen molar-refractivity contribution in [2.24, 2.45) is 5.41 Å². The van der Waals surface area contributed by atoms with Gasteiger partial charge in [-0.1, -0.05) is 12.8 Å². The van der Waals surface area contributed by atoms with Gasteiger partial charge in [-0.25, -0.2) is 0 Å². The number of nitrogens with one attached hydrogen (secondary N) is 1. The first-order chi connectivity index (χ1) is 8.28. The summed E-state index contributed by atoms with van der Waals surface area (Å²) in [7, 11) is 2.11. The summed E-state index contributed by atoms with van der Waals surface area (Å²) in [6.07, 6.45) is 10.8.